The van der Waals surface area contributed by atoms with Crippen molar-refractivity contribution >= 4 is 11.9 Å². The standard InChI is InChI=1S/C10H21N5O2/c1-17-6-2-5-12-10(15-11)13-7-8-3-4-9(16)14-8/h8H,2-7,11H2,1H3,(H,14,16)(H2,12,13,15). The van der Waals surface area contributed by atoms with Gasteiger partial charge in [-0.05, 0) is 12.8 Å². The van der Waals surface area contributed by atoms with Crippen LogP contribution >= 0.6 is 0 Å². The predicted molar refractivity (Wildman–Crippen MR) is 65.3 cm³/mol. The Hall–Kier alpha value is -1.34. The SMILES string of the molecule is COCCCNC(=NCC1CCC(=O)N1)NN. The van der Waals surface area contributed by atoms with Gasteiger partial charge >= 0.3 is 0 Å². The Bertz CT molecular complexity index is 269. The van der Waals surface area contributed by atoms with Gasteiger partial charge in [-0.2, -0.15) is 0 Å². The van der Waals surface area contributed by atoms with Gasteiger partial charge in [0.1, 0.15) is 0 Å². The van der Waals surface area contributed by atoms with Crippen LogP contribution < -0.4 is 21.9 Å². The Morgan fingerprint density at radius 2 is 2.53 bits per heavy atom. The highest BCUT2D eigenvalue weighted by Crippen LogP contribution is 2.06. The number of hydrogen-bond acceptors (Lipinski definition) is 4. The fourth-order valence-corrected chi connectivity index (χ4v) is 1.59. The van der Waals surface area contributed by atoms with E-state index >= 15 is 0 Å². The second-order valence-electron chi connectivity index (χ2n) is 3.91. The summed E-state index contributed by atoms with van der Waals surface area (Å²) in [5.41, 5.74) is 2.50. The van der Waals surface area contributed by atoms with E-state index in [9.17, 15) is 4.79 Å². The normalized spacial score (nSPS) is 20.2. The van der Waals surface area contributed by atoms with E-state index in [1.54, 1.807) is 7.11 Å². The summed E-state index contributed by atoms with van der Waals surface area (Å²) in [7, 11) is 1.67. The molecule has 17 heavy (non-hydrogen) atoms. The summed E-state index contributed by atoms with van der Waals surface area (Å²) >= 11 is 0. The monoisotopic (exact) mass is 243 g/mol. The second kappa shape index (κ2) is 7.86. The molecule has 1 amide bonds. The van der Waals surface area contributed by atoms with E-state index in [4.69, 9.17) is 10.6 Å². The molecule has 1 aliphatic heterocycles. The van der Waals surface area contributed by atoms with Crippen LogP contribution in [0.25, 0.3) is 0 Å². The van der Waals surface area contributed by atoms with Gasteiger partial charge in [-0.15, -0.1) is 0 Å². The lowest BCUT2D eigenvalue weighted by Crippen LogP contribution is -2.43. The van der Waals surface area contributed by atoms with Gasteiger partial charge in [0.2, 0.25) is 11.9 Å². The van der Waals surface area contributed by atoms with Crippen LogP contribution in [-0.2, 0) is 9.53 Å². The molecule has 5 N–H and O–H groups in total. The molecule has 0 saturated carbocycles. The molecule has 1 fully saturated rings. The molecule has 7 nitrogen and oxygen atoms in total. The van der Waals surface area contributed by atoms with Crippen LogP contribution in [0.15, 0.2) is 4.99 Å². The zero-order chi connectivity index (χ0) is 12.5. The van der Waals surface area contributed by atoms with Gasteiger partial charge in [0.25, 0.3) is 0 Å². The van der Waals surface area contributed by atoms with Crippen LogP contribution in [0, 0.1) is 0 Å². The number of aliphatic imine (C=N–C) groups is 1. The molecule has 0 bridgehead atoms. The number of ether oxygens (including phenoxy) is 1. The smallest absolute Gasteiger partial charge is 0.220 e. The summed E-state index contributed by atoms with van der Waals surface area (Å²) in [4.78, 5) is 15.3. The maximum absolute atomic E-state index is 11.0. The Kier molecular flexibility index (Phi) is 6.34. The third-order valence-corrected chi connectivity index (χ3v) is 2.51. The highest BCUT2D eigenvalue weighted by atomic mass is 16.5. The van der Waals surface area contributed by atoms with E-state index in [2.05, 4.69) is 21.1 Å². The zero-order valence-corrected chi connectivity index (χ0v) is 10.2. The van der Waals surface area contributed by atoms with E-state index in [0.29, 0.717) is 25.5 Å². The fourth-order valence-electron chi connectivity index (χ4n) is 1.59. The third-order valence-electron chi connectivity index (χ3n) is 2.51. The number of carbonyl (C=O) groups excluding carboxylic acids is 1. The third kappa shape index (κ3) is 5.50. The number of amides is 1. The molecule has 1 unspecified atom stereocenters. The van der Waals surface area contributed by atoms with Crippen LogP contribution in [0.2, 0.25) is 0 Å². The molecule has 1 atom stereocenters. The Labute approximate surface area is 101 Å². The average Bonchev–Trinajstić information content (AvgIpc) is 2.74. The fraction of sp³-hybridized carbons (Fsp3) is 0.800. The average molecular weight is 243 g/mol. The highest BCUT2D eigenvalue weighted by Gasteiger charge is 2.19. The first-order valence-electron chi connectivity index (χ1n) is 5.79. The van der Waals surface area contributed by atoms with Crippen molar-refractivity contribution in [1.82, 2.24) is 16.1 Å². The van der Waals surface area contributed by atoms with Gasteiger partial charge in [-0.3, -0.25) is 15.2 Å². The van der Waals surface area contributed by atoms with Crippen molar-refractivity contribution in [2.24, 2.45) is 10.8 Å². The molecule has 7 heteroatoms. The number of guanidine groups is 1. The number of hydrazine groups is 1. The first-order chi connectivity index (χ1) is 8.26. The van der Waals surface area contributed by atoms with E-state index in [0.717, 1.165) is 19.4 Å². The molecule has 1 aliphatic rings. The molecule has 98 valence electrons. The van der Waals surface area contributed by atoms with E-state index < -0.39 is 0 Å². The molecule has 0 radical (unpaired) electrons. The molecule has 1 saturated heterocycles. The number of hydrogen-bond donors (Lipinski definition) is 4. The van der Waals surface area contributed by atoms with Gasteiger partial charge in [0.15, 0.2) is 0 Å². The van der Waals surface area contributed by atoms with Crippen molar-refractivity contribution in [3.63, 3.8) is 0 Å². The van der Waals surface area contributed by atoms with Crippen molar-refractivity contribution in [3.05, 3.63) is 0 Å². The van der Waals surface area contributed by atoms with Gasteiger partial charge < -0.3 is 15.4 Å². The lowest BCUT2D eigenvalue weighted by atomic mass is 10.2. The van der Waals surface area contributed by atoms with Gasteiger partial charge in [-0.1, -0.05) is 0 Å². The summed E-state index contributed by atoms with van der Waals surface area (Å²) in [6.07, 6.45) is 2.31. The molecule has 0 aromatic carbocycles. The van der Waals surface area contributed by atoms with Gasteiger partial charge in [0.05, 0.1) is 6.54 Å². The van der Waals surface area contributed by atoms with Crippen LogP contribution in [0.4, 0.5) is 0 Å². The number of carbonyl (C=O) groups is 1. The topological polar surface area (TPSA) is 101 Å². The van der Waals surface area contributed by atoms with Crippen molar-refractivity contribution in [1.29, 1.82) is 0 Å². The summed E-state index contributed by atoms with van der Waals surface area (Å²) in [6.45, 7) is 1.99. The molecule has 0 spiro atoms. The number of rotatable bonds is 6. The Balaban J connectivity index is 2.21. The minimum absolute atomic E-state index is 0.0977. The number of nitrogens with one attached hydrogen (secondary N) is 3. The molecular formula is C10H21N5O2. The first kappa shape index (κ1) is 13.7. The van der Waals surface area contributed by atoms with E-state index in [1.807, 2.05) is 0 Å². The van der Waals surface area contributed by atoms with Crippen LogP contribution in [-0.4, -0.2) is 44.7 Å². The molecule has 0 aliphatic carbocycles. The van der Waals surface area contributed by atoms with Crippen LogP contribution in [0.1, 0.15) is 19.3 Å². The summed E-state index contributed by atoms with van der Waals surface area (Å²) < 4.78 is 4.93. The number of methoxy groups -OCH3 is 1. The van der Waals surface area contributed by atoms with Gasteiger partial charge in [0, 0.05) is 32.7 Å². The first-order valence-corrected chi connectivity index (χ1v) is 5.79. The van der Waals surface area contributed by atoms with Crippen molar-refractivity contribution in [2.45, 2.75) is 25.3 Å². The highest BCUT2D eigenvalue weighted by molar-refractivity contribution is 5.80. The van der Waals surface area contributed by atoms with E-state index in [1.165, 1.54) is 0 Å². The molecular weight excluding hydrogens is 222 g/mol. The minimum Gasteiger partial charge on any atom is -0.385 e. The zero-order valence-electron chi connectivity index (χ0n) is 10.2. The maximum atomic E-state index is 11.0. The van der Waals surface area contributed by atoms with E-state index in [-0.39, 0.29) is 11.9 Å². The summed E-state index contributed by atoms with van der Waals surface area (Å²) in [5.74, 6) is 5.98. The lowest BCUT2D eigenvalue weighted by Gasteiger charge is -2.11. The summed E-state index contributed by atoms with van der Waals surface area (Å²) in [5, 5.41) is 5.91. The van der Waals surface area contributed by atoms with Crippen molar-refractivity contribution < 1.29 is 9.53 Å². The molecule has 1 heterocycles. The minimum atomic E-state index is 0.0977. The summed E-state index contributed by atoms with van der Waals surface area (Å²) in [6, 6.07) is 0.131. The number of nitrogens with two attached hydrogens (primary N) is 1. The Morgan fingerprint density at radius 3 is 3.12 bits per heavy atom. The second-order valence-corrected chi connectivity index (χ2v) is 3.91. The molecule has 1 rings (SSSR count). The molecule has 0 aromatic heterocycles. The Morgan fingerprint density at radius 1 is 1.71 bits per heavy atom. The lowest BCUT2D eigenvalue weighted by molar-refractivity contribution is -0.119. The quantitative estimate of drug-likeness (QED) is 0.153. The molecule has 0 aromatic rings. The van der Waals surface area contributed by atoms with Crippen molar-refractivity contribution in [3.8, 4) is 0 Å². The van der Waals surface area contributed by atoms with Crippen molar-refractivity contribution in [2.75, 3.05) is 26.8 Å². The largest absolute Gasteiger partial charge is 0.385 e. The predicted octanol–water partition coefficient (Wildman–Crippen LogP) is -1.29. The van der Waals surface area contributed by atoms with Crippen LogP contribution in [0.3, 0.4) is 0 Å². The van der Waals surface area contributed by atoms with Crippen LogP contribution in [0.5, 0.6) is 0 Å². The number of nitrogens with zero attached hydrogens (tertiary/aromatic N) is 1. The van der Waals surface area contributed by atoms with Gasteiger partial charge in [-0.25, -0.2) is 5.84 Å². The maximum Gasteiger partial charge on any atom is 0.220 e.